The third kappa shape index (κ3) is 3.63. The summed E-state index contributed by atoms with van der Waals surface area (Å²) in [5.74, 6) is 0. The molecule has 0 aromatic heterocycles. The van der Waals surface area contributed by atoms with Crippen molar-refractivity contribution >= 4 is 12.5 Å². The molecule has 0 fully saturated rings. The molecule has 25 heavy (non-hydrogen) atoms. The number of hydrogen-bond donors (Lipinski definition) is 0. The molecule has 1 atom stereocenters. The van der Waals surface area contributed by atoms with Crippen molar-refractivity contribution in [2.45, 2.75) is 58.5 Å². The van der Waals surface area contributed by atoms with Crippen LogP contribution in [0.4, 0.5) is 0 Å². The second-order valence-corrected chi connectivity index (χ2v) is 17.2. The molecule has 0 spiro atoms. The predicted octanol–water partition coefficient (Wildman–Crippen LogP) is 6.47. The van der Waals surface area contributed by atoms with Crippen LogP contribution in [0, 0.1) is 5.41 Å². The van der Waals surface area contributed by atoms with Crippen molar-refractivity contribution in [3.8, 4) is 0 Å². The fraction of sp³-hybridized carbons (Fsp3) is 0.417. The van der Waals surface area contributed by atoms with Crippen LogP contribution in [0.15, 0.2) is 53.1 Å². The van der Waals surface area contributed by atoms with Crippen LogP contribution in [-0.4, -0.2) is 6.41 Å². The average Bonchev–Trinajstić information content (AvgIpc) is 3.11. The van der Waals surface area contributed by atoms with Crippen LogP contribution in [0.25, 0.3) is 6.08 Å². The van der Waals surface area contributed by atoms with Gasteiger partial charge < -0.3 is 0 Å². The van der Waals surface area contributed by atoms with Crippen molar-refractivity contribution in [3.05, 3.63) is 64.3 Å². The summed E-state index contributed by atoms with van der Waals surface area (Å²) in [7, 11) is 0. The summed E-state index contributed by atoms with van der Waals surface area (Å²) in [4.78, 5) is 0. The van der Waals surface area contributed by atoms with Gasteiger partial charge in [0.25, 0.3) is 0 Å². The van der Waals surface area contributed by atoms with Crippen molar-refractivity contribution in [1.29, 1.82) is 0 Å². The maximum absolute atomic E-state index is 2.50. The molecule has 0 saturated heterocycles. The summed E-state index contributed by atoms with van der Waals surface area (Å²) in [6.07, 6.45) is 8.54. The summed E-state index contributed by atoms with van der Waals surface area (Å²) >= 11 is -1.83. The monoisotopic (exact) mass is 409 g/mol. The Bertz CT molecular complexity index is 864. The van der Waals surface area contributed by atoms with Gasteiger partial charge in [-0.05, 0) is 0 Å². The summed E-state index contributed by atoms with van der Waals surface area (Å²) in [6, 6.07) is 9.09. The molecule has 0 N–H and O–H groups in total. The Balaban J connectivity index is 2.15. The van der Waals surface area contributed by atoms with Crippen molar-refractivity contribution in [2.75, 3.05) is 0 Å². The fourth-order valence-corrected chi connectivity index (χ4v) is 12.4. The van der Waals surface area contributed by atoms with E-state index in [-0.39, 0.29) is 5.41 Å². The Morgan fingerprint density at radius 3 is 2.16 bits per heavy atom. The normalized spacial score (nSPS) is 19.2. The summed E-state index contributed by atoms with van der Waals surface area (Å²) in [6.45, 7) is 16.5. The maximum atomic E-state index is 2.50. The van der Waals surface area contributed by atoms with Crippen molar-refractivity contribution in [1.82, 2.24) is 0 Å². The molecule has 1 aromatic carbocycles. The SMILES string of the molecule is C[C](C)=[Zr](=[C](C)C)[CH]1C(C2=CC(C(C)(C)C)=CC2)=Cc2ccccc21. The van der Waals surface area contributed by atoms with Gasteiger partial charge in [0.2, 0.25) is 0 Å². The van der Waals surface area contributed by atoms with E-state index in [0.717, 1.165) is 6.42 Å². The van der Waals surface area contributed by atoms with Gasteiger partial charge in [0.1, 0.15) is 0 Å². The third-order valence-corrected chi connectivity index (χ3v) is 13.6. The first-order valence-electron chi connectivity index (χ1n) is 9.40. The number of allylic oxidation sites excluding steroid dienone is 5. The molecule has 2 aliphatic rings. The first-order valence-corrected chi connectivity index (χ1v) is 13.3. The molecule has 3 rings (SSSR count). The van der Waals surface area contributed by atoms with Crippen LogP contribution >= 0.6 is 0 Å². The fourth-order valence-electron chi connectivity index (χ4n) is 4.24. The van der Waals surface area contributed by atoms with E-state index in [1.165, 1.54) is 11.1 Å². The summed E-state index contributed by atoms with van der Waals surface area (Å²) in [5.41, 5.74) is 7.95. The molecule has 2 aliphatic carbocycles. The van der Waals surface area contributed by atoms with E-state index in [2.05, 4.69) is 91.0 Å². The van der Waals surface area contributed by atoms with E-state index in [1.807, 2.05) is 0 Å². The number of benzene rings is 1. The zero-order valence-corrected chi connectivity index (χ0v) is 19.3. The molecular formula is C24H31Zr. The molecule has 0 saturated carbocycles. The zero-order valence-electron chi connectivity index (χ0n) is 16.8. The molecule has 131 valence electrons. The average molecular weight is 411 g/mol. The topological polar surface area (TPSA) is 0 Å². The Morgan fingerprint density at radius 1 is 0.960 bits per heavy atom. The van der Waals surface area contributed by atoms with E-state index in [1.54, 1.807) is 23.1 Å². The van der Waals surface area contributed by atoms with Crippen LogP contribution in [0.3, 0.4) is 0 Å². The van der Waals surface area contributed by atoms with Gasteiger partial charge in [-0.2, -0.15) is 0 Å². The van der Waals surface area contributed by atoms with Crippen LogP contribution in [0.2, 0.25) is 0 Å². The molecule has 1 aromatic rings. The molecule has 1 heteroatoms. The van der Waals surface area contributed by atoms with E-state index in [4.69, 9.17) is 0 Å². The van der Waals surface area contributed by atoms with E-state index < -0.39 is 20.8 Å². The van der Waals surface area contributed by atoms with Gasteiger partial charge in [-0.3, -0.25) is 0 Å². The van der Waals surface area contributed by atoms with Crippen molar-refractivity contribution in [3.63, 3.8) is 0 Å². The number of fused-ring (bicyclic) bond motifs is 1. The molecule has 0 radical (unpaired) electrons. The van der Waals surface area contributed by atoms with Crippen LogP contribution in [0.5, 0.6) is 0 Å². The minimum absolute atomic E-state index is 0.241. The number of rotatable bonds is 2. The van der Waals surface area contributed by atoms with Gasteiger partial charge in [0, 0.05) is 0 Å². The predicted molar refractivity (Wildman–Crippen MR) is 110 cm³/mol. The standard InChI is InChI=1S/C18H19.2C3H6.Zr/c1-18(2,3)17-9-8-15(12-17)16-10-13-6-4-5-7-14(13)11-16;2*1-3-2;/h4-7,9-12H,8H2,1-3H3;2*1-2H3;. The Hall–Kier alpha value is -0.937. The third-order valence-electron chi connectivity index (χ3n) is 5.40. The van der Waals surface area contributed by atoms with Gasteiger partial charge in [-0.15, -0.1) is 0 Å². The molecule has 1 unspecified atom stereocenters. The molecular weight excluding hydrogens is 379 g/mol. The van der Waals surface area contributed by atoms with Crippen molar-refractivity contribution < 1.29 is 20.8 Å². The van der Waals surface area contributed by atoms with E-state index in [0.29, 0.717) is 3.63 Å². The number of hydrogen-bond acceptors (Lipinski definition) is 0. The van der Waals surface area contributed by atoms with Crippen LogP contribution in [0.1, 0.15) is 69.6 Å². The van der Waals surface area contributed by atoms with Gasteiger partial charge in [0.15, 0.2) is 0 Å². The second-order valence-electron chi connectivity index (χ2n) is 8.86. The van der Waals surface area contributed by atoms with Gasteiger partial charge >= 0.3 is 161 Å². The Morgan fingerprint density at radius 2 is 1.60 bits per heavy atom. The van der Waals surface area contributed by atoms with E-state index in [9.17, 15) is 0 Å². The molecule has 0 nitrogen and oxygen atoms in total. The summed E-state index contributed by atoms with van der Waals surface area (Å²) in [5, 5.41) is 0. The molecule has 0 heterocycles. The second kappa shape index (κ2) is 6.99. The Labute approximate surface area is 161 Å². The zero-order chi connectivity index (χ0) is 18.4. The minimum atomic E-state index is -1.83. The molecule has 0 amide bonds. The molecule has 0 bridgehead atoms. The molecule has 0 aliphatic heterocycles. The van der Waals surface area contributed by atoms with Crippen LogP contribution in [-0.2, 0) is 20.8 Å². The van der Waals surface area contributed by atoms with Gasteiger partial charge in [0.05, 0.1) is 0 Å². The van der Waals surface area contributed by atoms with Gasteiger partial charge in [-0.25, -0.2) is 0 Å². The van der Waals surface area contributed by atoms with Gasteiger partial charge in [-0.1, -0.05) is 0 Å². The van der Waals surface area contributed by atoms with E-state index >= 15 is 0 Å². The first-order chi connectivity index (χ1) is 11.7. The Kier molecular flexibility index (Phi) is 5.27. The first kappa shape index (κ1) is 18.8. The quantitative estimate of drug-likeness (QED) is 0.524. The van der Waals surface area contributed by atoms with Crippen LogP contribution < -0.4 is 0 Å². The van der Waals surface area contributed by atoms with Crippen molar-refractivity contribution in [2.24, 2.45) is 5.41 Å². The summed E-state index contributed by atoms with van der Waals surface area (Å²) < 4.78 is 4.07.